The number of hydrazine groups is 1. The fourth-order valence-electron chi connectivity index (χ4n) is 3.38. The zero-order chi connectivity index (χ0) is 34.3. The Kier molecular flexibility index (Phi) is 16.1. The monoisotopic (exact) mass is 648 g/mol. The summed E-state index contributed by atoms with van der Waals surface area (Å²) < 4.78 is 63.5. The molecule has 10 N–H and O–H groups in total. The lowest BCUT2D eigenvalue weighted by Gasteiger charge is -2.21. The van der Waals surface area contributed by atoms with Gasteiger partial charge in [-0.3, -0.25) is 14.5 Å². The van der Waals surface area contributed by atoms with Gasteiger partial charge in [-0.25, -0.2) is 24.7 Å². The van der Waals surface area contributed by atoms with Crippen LogP contribution >= 0.6 is 0 Å². The lowest BCUT2D eigenvalue weighted by atomic mass is 10.1. The van der Waals surface area contributed by atoms with Gasteiger partial charge in [0.2, 0.25) is 11.8 Å². The summed E-state index contributed by atoms with van der Waals surface area (Å²) in [7, 11) is 0. The van der Waals surface area contributed by atoms with Gasteiger partial charge in [-0.1, -0.05) is 35.8 Å². The zero-order valence-electron chi connectivity index (χ0n) is 22.5. The van der Waals surface area contributed by atoms with E-state index in [9.17, 15) is 46.0 Å². The number of amides is 2. The van der Waals surface area contributed by atoms with Gasteiger partial charge in [0.15, 0.2) is 5.03 Å². The maximum Gasteiger partial charge on any atom is 0.490 e. The molecule has 1 aromatic carbocycles. The first kappa shape index (κ1) is 39.3. The number of hydrogen-bond acceptors (Lipinski definition) is 9. The molecule has 16 nitrogen and oxygen atoms in total. The van der Waals surface area contributed by atoms with Crippen molar-refractivity contribution in [1.29, 1.82) is 0 Å². The number of benzene rings is 1. The SMILES string of the molecule is NC(=O)[C@@H]1C[C@@H](NC(=O)[C@@H](N)CCCN=C(N)N[N+](=O)[O-])CN1Cc1ccccc1.O=C(O)C(F)(F)F.O=C(O)C(F)(F)F. The molecule has 2 amide bonds. The Bertz CT molecular complexity index is 1130. The zero-order valence-corrected chi connectivity index (χ0v) is 22.5. The molecule has 1 saturated heterocycles. The summed E-state index contributed by atoms with van der Waals surface area (Å²) in [6.45, 7) is 1.25. The Morgan fingerprint density at radius 1 is 1.05 bits per heavy atom. The maximum absolute atomic E-state index is 12.4. The van der Waals surface area contributed by atoms with Crippen LogP contribution in [0.25, 0.3) is 0 Å². The van der Waals surface area contributed by atoms with Crippen LogP contribution in [0.1, 0.15) is 24.8 Å². The molecule has 1 aromatic rings. The number of rotatable bonds is 10. The number of aliphatic carboxylic acids is 2. The highest BCUT2D eigenvalue weighted by Gasteiger charge is 2.39. The van der Waals surface area contributed by atoms with Crippen LogP contribution in [-0.2, 0) is 25.7 Å². The molecule has 248 valence electrons. The molecular weight excluding hydrogens is 618 g/mol. The van der Waals surface area contributed by atoms with Gasteiger partial charge < -0.3 is 32.7 Å². The number of carbonyl (C=O) groups is 4. The molecule has 2 rings (SSSR count). The van der Waals surface area contributed by atoms with Crippen molar-refractivity contribution in [1.82, 2.24) is 15.6 Å². The number of aliphatic imine (C=N–C) groups is 1. The van der Waals surface area contributed by atoms with Crippen LogP contribution in [-0.4, -0.2) is 93.4 Å². The van der Waals surface area contributed by atoms with Crippen LogP contribution in [0.5, 0.6) is 0 Å². The fraction of sp³-hybridized carbons (Fsp3) is 0.500. The van der Waals surface area contributed by atoms with E-state index in [-0.39, 0.29) is 24.5 Å². The van der Waals surface area contributed by atoms with E-state index in [2.05, 4.69) is 10.3 Å². The summed E-state index contributed by atoms with van der Waals surface area (Å²) in [4.78, 5) is 58.0. The van der Waals surface area contributed by atoms with E-state index >= 15 is 0 Å². The molecule has 0 radical (unpaired) electrons. The summed E-state index contributed by atoms with van der Waals surface area (Å²) in [5.41, 5.74) is 19.6. The topological polar surface area (TPSA) is 270 Å². The van der Waals surface area contributed by atoms with Gasteiger partial charge in [0.25, 0.3) is 5.96 Å². The van der Waals surface area contributed by atoms with Crippen molar-refractivity contribution < 1.29 is 60.8 Å². The van der Waals surface area contributed by atoms with Crippen molar-refractivity contribution >= 4 is 29.7 Å². The van der Waals surface area contributed by atoms with Crippen LogP contribution < -0.4 is 27.9 Å². The number of alkyl halides is 6. The van der Waals surface area contributed by atoms with E-state index in [1.165, 1.54) is 0 Å². The summed E-state index contributed by atoms with van der Waals surface area (Å²) in [5, 5.41) is 26.5. The smallest absolute Gasteiger partial charge is 0.475 e. The number of likely N-dealkylation sites (tertiary alicyclic amines) is 1. The number of guanidine groups is 1. The molecular formula is C22H30F6N8O8. The van der Waals surface area contributed by atoms with Gasteiger partial charge in [-0.05, 0) is 24.8 Å². The van der Waals surface area contributed by atoms with E-state index in [1.54, 1.807) is 5.43 Å². The van der Waals surface area contributed by atoms with Crippen molar-refractivity contribution in [2.24, 2.45) is 22.2 Å². The Labute approximate surface area is 244 Å². The predicted molar refractivity (Wildman–Crippen MR) is 138 cm³/mol. The number of carbonyl (C=O) groups excluding carboxylic acids is 2. The Morgan fingerprint density at radius 3 is 1.98 bits per heavy atom. The van der Waals surface area contributed by atoms with E-state index in [0.717, 1.165) is 5.56 Å². The van der Waals surface area contributed by atoms with Crippen molar-refractivity contribution in [3.8, 4) is 0 Å². The second-order valence-electron chi connectivity index (χ2n) is 8.76. The van der Waals surface area contributed by atoms with Crippen molar-refractivity contribution in [3.05, 3.63) is 46.0 Å². The van der Waals surface area contributed by atoms with Gasteiger partial charge in [-0.15, -0.1) is 0 Å². The van der Waals surface area contributed by atoms with Crippen LogP contribution in [0.4, 0.5) is 26.3 Å². The highest BCUT2D eigenvalue weighted by molar-refractivity contribution is 5.83. The Hall–Kier alpha value is -4.73. The number of nitrogens with two attached hydrogens (primary N) is 3. The average Bonchev–Trinajstić information content (AvgIpc) is 3.28. The molecule has 0 saturated carbocycles. The normalized spacial score (nSPS) is 17.6. The van der Waals surface area contributed by atoms with E-state index in [4.69, 9.17) is 37.0 Å². The number of halogens is 6. The summed E-state index contributed by atoms with van der Waals surface area (Å²) in [5.74, 6) is -6.57. The van der Waals surface area contributed by atoms with Gasteiger partial charge >= 0.3 is 24.3 Å². The third kappa shape index (κ3) is 16.6. The summed E-state index contributed by atoms with van der Waals surface area (Å²) in [6.07, 6.45) is -8.97. The first-order valence-corrected chi connectivity index (χ1v) is 12.1. The second kappa shape index (κ2) is 18.0. The summed E-state index contributed by atoms with van der Waals surface area (Å²) in [6, 6.07) is 8.25. The minimum Gasteiger partial charge on any atom is -0.475 e. The fourth-order valence-corrected chi connectivity index (χ4v) is 3.38. The summed E-state index contributed by atoms with van der Waals surface area (Å²) >= 11 is 0. The largest absolute Gasteiger partial charge is 0.490 e. The van der Waals surface area contributed by atoms with Crippen molar-refractivity contribution in [3.63, 3.8) is 0 Å². The lowest BCUT2D eigenvalue weighted by Crippen LogP contribution is -2.46. The molecule has 0 aliphatic carbocycles. The molecule has 0 spiro atoms. The van der Waals surface area contributed by atoms with Crippen molar-refractivity contribution in [2.45, 2.75) is 56.3 Å². The van der Waals surface area contributed by atoms with E-state index in [0.29, 0.717) is 32.4 Å². The molecule has 1 aliphatic rings. The maximum atomic E-state index is 12.4. The van der Waals surface area contributed by atoms with E-state index < -0.39 is 47.3 Å². The quantitative estimate of drug-likeness (QED) is 0.0430. The number of carboxylic acid groups (broad SMARTS) is 2. The average molecular weight is 649 g/mol. The molecule has 1 fully saturated rings. The predicted octanol–water partition coefficient (Wildman–Crippen LogP) is -0.299. The molecule has 0 aromatic heterocycles. The Balaban J connectivity index is 0.00000109. The number of carboxylic acids is 2. The third-order valence-corrected chi connectivity index (χ3v) is 5.29. The highest BCUT2D eigenvalue weighted by atomic mass is 19.4. The molecule has 1 heterocycles. The van der Waals surface area contributed by atoms with Crippen LogP contribution in [0.3, 0.4) is 0 Å². The lowest BCUT2D eigenvalue weighted by molar-refractivity contribution is -0.525. The van der Waals surface area contributed by atoms with Gasteiger partial charge in [-0.2, -0.15) is 26.3 Å². The van der Waals surface area contributed by atoms with Gasteiger partial charge in [0, 0.05) is 25.7 Å². The van der Waals surface area contributed by atoms with Gasteiger partial charge in [0.05, 0.1) is 12.1 Å². The first-order valence-electron chi connectivity index (χ1n) is 12.1. The van der Waals surface area contributed by atoms with Crippen LogP contribution in [0.2, 0.25) is 0 Å². The highest BCUT2D eigenvalue weighted by Crippen LogP contribution is 2.21. The number of primary amides is 1. The standard InChI is InChI=1S/C18H28N8O4.2C2HF3O2/c19-14(7-4-8-22-18(21)24-26(29)30)17(28)23-13-9-15(16(20)27)25(11-13)10-12-5-2-1-3-6-12;2*3-2(4,5)1(6)7/h1-3,5-6,13-15H,4,7-11,19H2,(H2,20,27)(H,23,28)(H3,21,22,24);2*(H,6,7)/t13-,14+,15+;;/m1../s1. The molecule has 22 heteroatoms. The molecule has 1 aliphatic heterocycles. The second-order valence-corrected chi connectivity index (χ2v) is 8.76. The molecule has 44 heavy (non-hydrogen) atoms. The number of nitrogens with zero attached hydrogens (tertiary/aromatic N) is 3. The van der Waals surface area contributed by atoms with E-state index in [1.807, 2.05) is 35.2 Å². The van der Waals surface area contributed by atoms with Gasteiger partial charge in [0.1, 0.15) is 0 Å². The number of hydrogen-bond donors (Lipinski definition) is 7. The van der Waals surface area contributed by atoms with Crippen LogP contribution in [0, 0.1) is 10.1 Å². The van der Waals surface area contributed by atoms with Crippen molar-refractivity contribution in [2.75, 3.05) is 13.1 Å². The minimum atomic E-state index is -5.08. The van der Waals surface area contributed by atoms with Crippen LogP contribution in [0.15, 0.2) is 35.3 Å². The third-order valence-electron chi connectivity index (χ3n) is 5.29. The molecule has 0 unspecified atom stereocenters. The minimum absolute atomic E-state index is 0.200. The Morgan fingerprint density at radius 2 is 1.55 bits per heavy atom. The molecule has 3 atom stereocenters. The number of nitro groups is 1. The first-order chi connectivity index (χ1) is 20.1. The molecule has 0 bridgehead atoms. The number of nitrogens with one attached hydrogen (secondary N) is 2.